The topological polar surface area (TPSA) is 52.3 Å². The van der Waals surface area contributed by atoms with Crippen molar-refractivity contribution in [1.82, 2.24) is 0 Å². The SMILES string of the molecule is CCN.COC(C)=O.Cl.c1ccsc1. The molecule has 84 valence electrons. The summed E-state index contributed by atoms with van der Waals surface area (Å²) in [4.78, 5) is 9.59. The van der Waals surface area contributed by atoms with Gasteiger partial charge in [0, 0.05) is 6.92 Å². The number of methoxy groups -OCH3 is 1. The first-order valence-electron chi connectivity index (χ1n) is 3.90. The summed E-state index contributed by atoms with van der Waals surface area (Å²) in [5, 5.41) is 4.08. The normalized spacial score (nSPS) is 6.57. The highest BCUT2D eigenvalue weighted by atomic mass is 35.5. The molecule has 5 heteroatoms. The van der Waals surface area contributed by atoms with Crippen molar-refractivity contribution in [1.29, 1.82) is 0 Å². The van der Waals surface area contributed by atoms with Gasteiger partial charge in [0.2, 0.25) is 0 Å². The Bertz CT molecular complexity index is 164. The van der Waals surface area contributed by atoms with E-state index in [9.17, 15) is 4.79 Å². The number of hydrogen-bond donors (Lipinski definition) is 1. The quantitative estimate of drug-likeness (QED) is 0.707. The summed E-state index contributed by atoms with van der Waals surface area (Å²) in [7, 11) is 1.35. The third kappa shape index (κ3) is 30.1. The first-order chi connectivity index (χ1) is 6.18. The predicted molar refractivity (Wildman–Crippen MR) is 64.0 cm³/mol. The van der Waals surface area contributed by atoms with Crippen LogP contribution >= 0.6 is 23.7 Å². The number of ether oxygens (including phenoxy) is 1. The summed E-state index contributed by atoms with van der Waals surface area (Å²) < 4.78 is 4.11. The molecule has 14 heavy (non-hydrogen) atoms. The van der Waals surface area contributed by atoms with Crippen molar-refractivity contribution < 1.29 is 9.53 Å². The van der Waals surface area contributed by atoms with Crippen molar-refractivity contribution in [2.45, 2.75) is 13.8 Å². The zero-order valence-corrected chi connectivity index (χ0v) is 10.4. The summed E-state index contributed by atoms with van der Waals surface area (Å²) >= 11 is 1.71. The highest BCUT2D eigenvalue weighted by Crippen LogP contribution is 1.91. The van der Waals surface area contributed by atoms with Crippen molar-refractivity contribution in [2.24, 2.45) is 5.73 Å². The minimum absolute atomic E-state index is 0. The molecule has 0 saturated carbocycles. The van der Waals surface area contributed by atoms with Gasteiger partial charge in [-0.15, -0.1) is 12.4 Å². The van der Waals surface area contributed by atoms with Crippen LogP contribution in [-0.2, 0) is 9.53 Å². The lowest BCUT2D eigenvalue weighted by atomic mass is 10.7. The van der Waals surface area contributed by atoms with Gasteiger partial charge in [-0.3, -0.25) is 4.79 Å². The van der Waals surface area contributed by atoms with E-state index in [0.29, 0.717) is 0 Å². The van der Waals surface area contributed by atoms with Crippen LogP contribution in [0.2, 0.25) is 0 Å². The van der Waals surface area contributed by atoms with Crippen LogP contribution in [0, 0.1) is 0 Å². The van der Waals surface area contributed by atoms with E-state index in [0.717, 1.165) is 6.54 Å². The fourth-order valence-corrected chi connectivity index (χ4v) is 0.680. The molecular weight excluding hydrogens is 222 g/mol. The van der Waals surface area contributed by atoms with E-state index in [4.69, 9.17) is 5.73 Å². The van der Waals surface area contributed by atoms with Crippen LogP contribution in [0.3, 0.4) is 0 Å². The molecule has 2 N–H and O–H groups in total. The fraction of sp³-hybridized carbons (Fsp3) is 0.444. The molecule has 0 bridgehead atoms. The summed E-state index contributed by atoms with van der Waals surface area (Å²) in [5.74, 6) is -0.245. The maximum atomic E-state index is 9.59. The van der Waals surface area contributed by atoms with E-state index in [-0.39, 0.29) is 18.4 Å². The average Bonchev–Trinajstić information content (AvgIpc) is 2.62. The van der Waals surface area contributed by atoms with Crippen molar-refractivity contribution in [2.75, 3.05) is 13.7 Å². The van der Waals surface area contributed by atoms with Gasteiger partial charge in [-0.25, -0.2) is 0 Å². The molecule has 0 spiro atoms. The Balaban J connectivity index is -0.000000130. The van der Waals surface area contributed by atoms with Gasteiger partial charge in [0.25, 0.3) is 0 Å². The van der Waals surface area contributed by atoms with Crippen molar-refractivity contribution in [3.63, 3.8) is 0 Å². The molecular formula is C9H18ClNO2S. The van der Waals surface area contributed by atoms with Crippen LogP contribution in [0.25, 0.3) is 0 Å². The molecule has 0 aliphatic rings. The molecule has 3 nitrogen and oxygen atoms in total. The second-order valence-electron chi connectivity index (χ2n) is 1.90. The fourth-order valence-electron chi connectivity index (χ4n) is 0.227. The molecule has 0 unspecified atom stereocenters. The second-order valence-corrected chi connectivity index (χ2v) is 2.71. The molecule has 0 radical (unpaired) electrons. The van der Waals surface area contributed by atoms with Gasteiger partial charge in [0.15, 0.2) is 0 Å². The molecule has 0 amide bonds. The largest absolute Gasteiger partial charge is 0.469 e. The predicted octanol–water partition coefficient (Wildman–Crippen LogP) is 2.31. The lowest BCUT2D eigenvalue weighted by Crippen LogP contribution is -1.88. The molecule has 0 aromatic carbocycles. The van der Waals surface area contributed by atoms with Gasteiger partial charge in [-0.05, 0) is 17.3 Å². The molecule has 1 rings (SSSR count). The van der Waals surface area contributed by atoms with Crippen LogP contribution in [0.15, 0.2) is 22.9 Å². The number of hydrogen-bond acceptors (Lipinski definition) is 4. The van der Waals surface area contributed by atoms with E-state index < -0.39 is 0 Å². The molecule has 0 atom stereocenters. The van der Waals surface area contributed by atoms with Crippen LogP contribution in [-0.4, -0.2) is 19.6 Å². The maximum absolute atomic E-state index is 9.59. The smallest absolute Gasteiger partial charge is 0.302 e. The third-order valence-electron chi connectivity index (χ3n) is 0.713. The van der Waals surface area contributed by atoms with E-state index >= 15 is 0 Å². The Kier molecular flexibility index (Phi) is 24.9. The Hall–Kier alpha value is -0.580. The lowest BCUT2D eigenvalue weighted by Gasteiger charge is -1.80. The first kappa shape index (κ1) is 19.1. The zero-order chi connectivity index (χ0) is 10.5. The number of nitrogens with two attached hydrogens (primary N) is 1. The molecule has 0 saturated heterocycles. The standard InChI is InChI=1S/C4H4S.C3H6O2.C2H7N.ClH/c1-2-4-5-3-1;1-3(4)5-2;1-2-3;/h1-4H;1-2H3;2-3H2,1H3;1H. The van der Waals surface area contributed by atoms with Crippen LogP contribution in [0.5, 0.6) is 0 Å². The maximum Gasteiger partial charge on any atom is 0.302 e. The van der Waals surface area contributed by atoms with Crippen LogP contribution in [0.1, 0.15) is 13.8 Å². The van der Waals surface area contributed by atoms with Crippen molar-refractivity contribution >= 4 is 29.7 Å². The number of esters is 1. The average molecular weight is 240 g/mol. The lowest BCUT2D eigenvalue weighted by molar-refractivity contribution is -0.137. The van der Waals surface area contributed by atoms with Gasteiger partial charge in [-0.1, -0.05) is 19.1 Å². The zero-order valence-electron chi connectivity index (χ0n) is 8.73. The molecule has 1 heterocycles. The Morgan fingerprint density at radius 2 is 1.71 bits per heavy atom. The number of thiophene rings is 1. The van der Waals surface area contributed by atoms with Crippen LogP contribution < -0.4 is 5.73 Å². The number of carbonyl (C=O) groups is 1. The number of halogens is 1. The van der Waals surface area contributed by atoms with E-state index in [1.807, 2.05) is 29.8 Å². The van der Waals surface area contributed by atoms with Gasteiger partial charge in [0.1, 0.15) is 0 Å². The number of carbonyl (C=O) groups excluding carboxylic acids is 1. The van der Waals surface area contributed by atoms with Gasteiger partial charge < -0.3 is 10.5 Å². The summed E-state index contributed by atoms with van der Waals surface area (Å²) in [6.07, 6.45) is 0. The van der Waals surface area contributed by atoms with E-state index in [2.05, 4.69) is 4.74 Å². The van der Waals surface area contributed by atoms with Gasteiger partial charge >= 0.3 is 5.97 Å². The summed E-state index contributed by atoms with van der Waals surface area (Å²) in [6, 6.07) is 4.04. The van der Waals surface area contributed by atoms with E-state index in [1.165, 1.54) is 14.0 Å². The Labute approximate surface area is 95.7 Å². The van der Waals surface area contributed by atoms with Crippen molar-refractivity contribution in [3.8, 4) is 0 Å². The molecule has 0 aliphatic carbocycles. The second kappa shape index (κ2) is 18.3. The highest BCUT2D eigenvalue weighted by molar-refractivity contribution is 7.07. The Morgan fingerprint density at radius 3 is 1.79 bits per heavy atom. The van der Waals surface area contributed by atoms with Crippen molar-refractivity contribution in [3.05, 3.63) is 22.9 Å². The summed E-state index contributed by atoms with van der Waals surface area (Å²) in [6.45, 7) is 4.01. The molecule has 1 aromatic rings. The van der Waals surface area contributed by atoms with E-state index in [1.54, 1.807) is 11.3 Å². The van der Waals surface area contributed by atoms with Gasteiger partial charge in [-0.2, -0.15) is 11.3 Å². The number of rotatable bonds is 0. The molecule has 0 aliphatic heterocycles. The molecule has 1 aromatic heterocycles. The monoisotopic (exact) mass is 239 g/mol. The van der Waals surface area contributed by atoms with Gasteiger partial charge in [0.05, 0.1) is 7.11 Å². The highest BCUT2D eigenvalue weighted by Gasteiger charge is 1.75. The Morgan fingerprint density at radius 1 is 1.43 bits per heavy atom. The summed E-state index contributed by atoms with van der Waals surface area (Å²) in [5.41, 5.74) is 4.85. The first-order valence-corrected chi connectivity index (χ1v) is 4.85. The van der Waals surface area contributed by atoms with Crippen LogP contribution in [0.4, 0.5) is 0 Å². The third-order valence-corrected chi connectivity index (χ3v) is 1.34. The minimum atomic E-state index is -0.245. The molecule has 0 fully saturated rings. The minimum Gasteiger partial charge on any atom is -0.469 e.